The fourth-order valence-corrected chi connectivity index (χ4v) is 3.97. The van der Waals surface area contributed by atoms with Gasteiger partial charge in [0, 0.05) is 13.1 Å². The number of likely N-dealkylation sites (tertiary alicyclic amines) is 1. The van der Waals surface area contributed by atoms with Gasteiger partial charge in [0.05, 0.1) is 12.1 Å². The maximum Gasteiger partial charge on any atom is 0.123 e. The Bertz CT molecular complexity index is 769. The van der Waals surface area contributed by atoms with Crippen molar-refractivity contribution in [3.63, 3.8) is 0 Å². The number of fused-ring (bicyclic) bond motifs is 2. The lowest BCUT2D eigenvalue weighted by molar-refractivity contribution is -0.0954. The molecule has 122 valence electrons. The SMILES string of the molecule is C#CCN1CCC2(CC1)OC(c1ccc(F)cc1)c1ccccc12. The molecule has 2 aromatic rings. The van der Waals surface area contributed by atoms with Gasteiger partial charge in [-0.2, -0.15) is 0 Å². The molecule has 0 aliphatic carbocycles. The lowest BCUT2D eigenvalue weighted by Gasteiger charge is -2.39. The average Bonchev–Trinajstić information content (AvgIpc) is 2.93. The van der Waals surface area contributed by atoms with Gasteiger partial charge in [0.15, 0.2) is 0 Å². The zero-order valence-corrected chi connectivity index (χ0v) is 13.5. The third kappa shape index (κ3) is 2.53. The molecule has 1 fully saturated rings. The van der Waals surface area contributed by atoms with E-state index in [0.717, 1.165) is 31.5 Å². The molecule has 4 rings (SSSR count). The van der Waals surface area contributed by atoms with Crippen molar-refractivity contribution >= 4 is 0 Å². The van der Waals surface area contributed by atoms with E-state index in [1.165, 1.54) is 23.3 Å². The van der Waals surface area contributed by atoms with Crippen LogP contribution in [0.15, 0.2) is 48.5 Å². The van der Waals surface area contributed by atoms with E-state index in [1.807, 2.05) is 18.2 Å². The highest BCUT2D eigenvalue weighted by Crippen LogP contribution is 2.51. The van der Waals surface area contributed by atoms with E-state index in [-0.39, 0.29) is 17.5 Å². The number of terminal acetylenes is 1. The predicted molar refractivity (Wildman–Crippen MR) is 92.0 cm³/mol. The van der Waals surface area contributed by atoms with Crippen LogP contribution in [0.3, 0.4) is 0 Å². The molecule has 0 aromatic heterocycles. The van der Waals surface area contributed by atoms with Crippen LogP contribution in [0.5, 0.6) is 0 Å². The van der Waals surface area contributed by atoms with E-state index >= 15 is 0 Å². The van der Waals surface area contributed by atoms with Crippen LogP contribution in [0.25, 0.3) is 0 Å². The van der Waals surface area contributed by atoms with Crippen molar-refractivity contribution < 1.29 is 9.13 Å². The Hall–Kier alpha value is -2.15. The second-order valence-corrected chi connectivity index (χ2v) is 6.61. The summed E-state index contributed by atoms with van der Waals surface area (Å²) in [6.07, 6.45) is 7.18. The van der Waals surface area contributed by atoms with Gasteiger partial charge in [0.25, 0.3) is 0 Å². The van der Waals surface area contributed by atoms with Gasteiger partial charge in [0.2, 0.25) is 0 Å². The van der Waals surface area contributed by atoms with Crippen molar-refractivity contribution in [1.29, 1.82) is 0 Å². The molecule has 24 heavy (non-hydrogen) atoms. The first kappa shape index (κ1) is 15.4. The van der Waals surface area contributed by atoms with Gasteiger partial charge in [-0.3, -0.25) is 4.90 Å². The maximum absolute atomic E-state index is 13.3. The van der Waals surface area contributed by atoms with Gasteiger partial charge in [-0.05, 0) is 41.7 Å². The molecule has 2 heterocycles. The van der Waals surface area contributed by atoms with Gasteiger partial charge < -0.3 is 4.74 Å². The van der Waals surface area contributed by atoms with Crippen LogP contribution in [-0.4, -0.2) is 24.5 Å². The fourth-order valence-electron chi connectivity index (χ4n) is 3.97. The van der Waals surface area contributed by atoms with Crippen LogP contribution in [-0.2, 0) is 10.3 Å². The Morgan fingerprint density at radius 1 is 1.12 bits per heavy atom. The molecule has 0 N–H and O–H groups in total. The van der Waals surface area contributed by atoms with E-state index < -0.39 is 0 Å². The highest BCUT2D eigenvalue weighted by Gasteiger charge is 2.46. The summed E-state index contributed by atoms with van der Waals surface area (Å²) in [4.78, 5) is 2.29. The molecule has 2 aliphatic rings. The molecule has 2 nitrogen and oxygen atoms in total. The van der Waals surface area contributed by atoms with Gasteiger partial charge in [0.1, 0.15) is 11.9 Å². The van der Waals surface area contributed by atoms with E-state index in [4.69, 9.17) is 11.2 Å². The van der Waals surface area contributed by atoms with Crippen LogP contribution in [0.4, 0.5) is 4.39 Å². The first-order valence-electron chi connectivity index (χ1n) is 8.40. The number of nitrogens with zero attached hydrogens (tertiary/aromatic N) is 1. The minimum atomic E-state index is -0.249. The first-order valence-corrected chi connectivity index (χ1v) is 8.40. The minimum absolute atomic E-state index is 0.124. The Morgan fingerprint density at radius 3 is 2.54 bits per heavy atom. The summed E-state index contributed by atoms with van der Waals surface area (Å²) >= 11 is 0. The lowest BCUT2D eigenvalue weighted by atomic mass is 9.83. The van der Waals surface area contributed by atoms with E-state index in [2.05, 4.69) is 29.0 Å². The fraction of sp³-hybridized carbons (Fsp3) is 0.333. The number of benzene rings is 2. The summed E-state index contributed by atoms with van der Waals surface area (Å²) in [6.45, 7) is 2.57. The average molecular weight is 321 g/mol. The molecule has 0 amide bonds. The molecule has 1 atom stereocenters. The van der Waals surface area contributed by atoms with E-state index in [0.29, 0.717) is 6.54 Å². The quantitative estimate of drug-likeness (QED) is 0.779. The number of ether oxygens (including phenoxy) is 1. The standard InChI is InChI=1S/C21H20FNO/c1-2-13-23-14-11-21(12-15-23)19-6-4-3-5-18(19)20(24-21)16-7-9-17(22)10-8-16/h1,3-10,20H,11-15H2. The maximum atomic E-state index is 13.3. The molecule has 2 aliphatic heterocycles. The molecule has 2 aromatic carbocycles. The number of halogens is 1. The summed E-state index contributed by atoms with van der Waals surface area (Å²) in [5.41, 5.74) is 3.24. The van der Waals surface area contributed by atoms with Crippen molar-refractivity contribution in [3.8, 4) is 12.3 Å². The van der Waals surface area contributed by atoms with E-state index in [1.54, 1.807) is 0 Å². The van der Waals surface area contributed by atoms with Crippen molar-refractivity contribution in [2.45, 2.75) is 24.5 Å². The normalized spacial score (nSPS) is 22.2. The van der Waals surface area contributed by atoms with Crippen LogP contribution >= 0.6 is 0 Å². The third-order valence-electron chi connectivity index (χ3n) is 5.23. The highest BCUT2D eigenvalue weighted by atomic mass is 19.1. The van der Waals surface area contributed by atoms with Crippen molar-refractivity contribution in [3.05, 3.63) is 71.0 Å². The Morgan fingerprint density at radius 2 is 1.83 bits per heavy atom. The molecule has 0 saturated carbocycles. The third-order valence-corrected chi connectivity index (χ3v) is 5.23. The summed E-state index contributed by atoms with van der Waals surface area (Å²) < 4.78 is 19.9. The molecule has 0 bridgehead atoms. The highest BCUT2D eigenvalue weighted by molar-refractivity contribution is 5.43. The van der Waals surface area contributed by atoms with Crippen molar-refractivity contribution in [1.82, 2.24) is 4.90 Å². The Labute approximate surface area is 142 Å². The van der Waals surface area contributed by atoms with Crippen LogP contribution in [0.1, 0.15) is 35.6 Å². The van der Waals surface area contributed by atoms with Crippen molar-refractivity contribution in [2.75, 3.05) is 19.6 Å². The van der Waals surface area contributed by atoms with Crippen LogP contribution in [0.2, 0.25) is 0 Å². The van der Waals surface area contributed by atoms with Crippen molar-refractivity contribution in [2.24, 2.45) is 0 Å². The van der Waals surface area contributed by atoms with Crippen LogP contribution in [0, 0.1) is 18.2 Å². The first-order chi connectivity index (χ1) is 11.7. The molecular weight excluding hydrogens is 301 g/mol. The number of piperidine rings is 1. The minimum Gasteiger partial charge on any atom is -0.358 e. The number of hydrogen-bond acceptors (Lipinski definition) is 2. The molecule has 1 spiro atoms. The zero-order valence-electron chi connectivity index (χ0n) is 13.5. The summed E-state index contributed by atoms with van der Waals surface area (Å²) in [6, 6.07) is 15.1. The molecule has 1 saturated heterocycles. The number of hydrogen-bond donors (Lipinski definition) is 0. The van der Waals surface area contributed by atoms with Gasteiger partial charge in [-0.1, -0.05) is 42.3 Å². The zero-order chi connectivity index (χ0) is 16.6. The van der Waals surface area contributed by atoms with Gasteiger partial charge in [-0.25, -0.2) is 4.39 Å². The van der Waals surface area contributed by atoms with Crippen LogP contribution < -0.4 is 0 Å². The largest absolute Gasteiger partial charge is 0.358 e. The Balaban J connectivity index is 1.67. The van der Waals surface area contributed by atoms with Gasteiger partial charge >= 0.3 is 0 Å². The summed E-state index contributed by atoms with van der Waals surface area (Å²) in [7, 11) is 0. The smallest absolute Gasteiger partial charge is 0.123 e. The molecule has 1 unspecified atom stereocenters. The molecule has 3 heteroatoms. The second kappa shape index (κ2) is 6.05. The molecule has 0 radical (unpaired) electrons. The Kier molecular flexibility index (Phi) is 3.88. The summed E-state index contributed by atoms with van der Waals surface area (Å²) in [5.74, 6) is 2.51. The van der Waals surface area contributed by atoms with Gasteiger partial charge in [-0.15, -0.1) is 6.42 Å². The lowest BCUT2D eigenvalue weighted by Crippen LogP contribution is -2.42. The van der Waals surface area contributed by atoms with E-state index in [9.17, 15) is 4.39 Å². The molecular formula is C21H20FNO. The number of rotatable bonds is 2. The predicted octanol–water partition coefficient (Wildman–Crippen LogP) is 3.87. The monoisotopic (exact) mass is 321 g/mol. The summed E-state index contributed by atoms with van der Waals surface area (Å²) in [5, 5.41) is 0. The second-order valence-electron chi connectivity index (χ2n) is 6.61. The topological polar surface area (TPSA) is 12.5 Å².